The van der Waals surface area contributed by atoms with E-state index >= 15 is 0 Å². The minimum Gasteiger partial charge on any atom is -0.376 e. The van der Waals surface area contributed by atoms with Gasteiger partial charge in [0.15, 0.2) is 0 Å². The summed E-state index contributed by atoms with van der Waals surface area (Å²) in [6.45, 7) is 5.60. The number of aryl methyl sites for hydroxylation is 2. The molecule has 1 fully saturated rings. The molecule has 1 aliphatic heterocycles. The lowest BCUT2D eigenvalue weighted by Crippen LogP contribution is -2.32. The lowest BCUT2D eigenvalue weighted by molar-refractivity contribution is -0.119. The molecule has 31 heavy (non-hydrogen) atoms. The number of aromatic nitrogens is 2. The Morgan fingerprint density at radius 1 is 1.16 bits per heavy atom. The van der Waals surface area contributed by atoms with E-state index in [0.29, 0.717) is 12.3 Å². The Morgan fingerprint density at radius 2 is 1.90 bits per heavy atom. The number of amides is 1. The van der Waals surface area contributed by atoms with Crippen LogP contribution in [0.2, 0.25) is 0 Å². The molecule has 1 atom stereocenters. The standard InChI is InChI=1S/C25H29N3O2S/c1-3-18-8-12-20(13-9-18)24-27-23(19-10-6-17(2)7-11-19)25(28-24)31-16-22(29)26-15-21-5-4-14-30-21/h6-13,21H,3-5,14-16H2,1-2H3,(H,26,29)(H,27,28)/t21-/m0/s1. The number of hydrogen-bond acceptors (Lipinski definition) is 4. The molecule has 1 saturated heterocycles. The van der Waals surface area contributed by atoms with Crippen LogP contribution in [-0.2, 0) is 16.0 Å². The first kappa shape index (κ1) is 21.7. The summed E-state index contributed by atoms with van der Waals surface area (Å²) in [7, 11) is 0. The largest absolute Gasteiger partial charge is 0.376 e. The van der Waals surface area contributed by atoms with Gasteiger partial charge in [-0.25, -0.2) is 4.98 Å². The number of aromatic amines is 1. The van der Waals surface area contributed by atoms with Crippen LogP contribution in [0.4, 0.5) is 0 Å². The predicted octanol–water partition coefficient (Wildman–Crippen LogP) is 5.00. The van der Waals surface area contributed by atoms with Gasteiger partial charge in [0.1, 0.15) is 10.9 Å². The van der Waals surface area contributed by atoms with Crippen LogP contribution in [0.25, 0.3) is 22.6 Å². The first-order chi connectivity index (χ1) is 15.1. The third-order valence-electron chi connectivity index (χ3n) is 5.54. The summed E-state index contributed by atoms with van der Waals surface area (Å²) in [4.78, 5) is 20.7. The van der Waals surface area contributed by atoms with Crippen molar-refractivity contribution < 1.29 is 9.53 Å². The Bertz CT molecular complexity index is 1010. The zero-order valence-corrected chi connectivity index (χ0v) is 18.9. The highest BCUT2D eigenvalue weighted by Gasteiger charge is 2.18. The molecule has 1 amide bonds. The van der Waals surface area contributed by atoms with Crippen LogP contribution in [-0.4, -0.2) is 40.9 Å². The maximum absolute atomic E-state index is 12.4. The van der Waals surface area contributed by atoms with Gasteiger partial charge in [-0.3, -0.25) is 4.79 Å². The van der Waals surface area contributed by atoms with Gasteiger partial charge in [-0.2, -0.15) is 0 Å². The van der Waals surface area contributed by atoms with Crippen LogP contribution >= 0.6 is 11.8 Å². The maximum Gasteiger partial charge on any atom is 0.230 e. The molecule has 2 N–H and O–H groups in total. The molecule has 162 valence electrons. The van der Waals surface area contributed by atoms with Gasteiger partial charge < -0.3 is 15.0 Å². The predicted molar refractivity (Wildman–Crippen MR) is 126 cm³/mol. The molecule has 3 aromatic rings. The molecule has 0 aliphatic carbocycles. The van der Waals surface area contributed by atoms with E-state index in [9.17, 15) is 4.79 Å². The highest BCUT2D eigenvalue weighted by atomic mass is 32.2. The van der Waals surface area contributed by atoms with E-state index < -0.39 is 0 Å². The second kappa shape index (κ2) is 10.2. The van der Waals surface area contributed by atoms with Crippen molar-refractivity contribution >= 4 is 17.7 Å². The Hall–Kier alpha value is -2.57. The average Bonchev–Trinajstić information content (AvgIpc) is 3.47. The summed E-state index contributed by atoms with van der Waals surface area (Å²) in [6.07, 6.45) is 3.25. The number of carbonyl (C=O) groups is 1. The summed E-state index contributed by atoms with van der Waals surface area (Å²) in [5, 5.41) is 3.83. The van der Waals surface area contributed by atoms with Crippen LogP contribution in [0, 0.1) is 6.92 Å². The van der Waals surface area contributed by atoms with Gasteiger partial charge in [0.25, 0.3) is 0 Å². The Kier molecular flexibility index (Phi) is 7.10. The van der Waals surface area contributed by atoms with Gasteiger partial charge in [0, 0.05) is 24.3 Å². The van der Waals surface area contributed by atoms with E-state index in [1.54, 1.807) is 0 Å². The molecule has 1 aromatic heterocycles. The van der Waals surface area contributed by atoms with Crippen molar-refractivity contribution in [1.82, 2.24) is 15.3 Å². The molecule has 0 radical (unpaired) electrons. The second-order valence-corrected chi connectivity index (χ2v) is 8.87. The summed E-state index contributed by atoms with van der Waals surface area (Å²) in [5.74, 6) is 1.15. The Labute approximate surface area is 188 Å². The zero-order chi connectivity index (χ0) is 21.6. The van der Waals surface area contributed by atoms with E-state index in [1.807, 2.05) is 0 Å². The van der Waals surface area contributed by atoms with Crippen molar-refractivity contribution in [2.75, 3.05) is 18.9 Å². The number of carbonyl (C=O) groups excluding carboxylic acids is 1. The van der Waals surface area contributed by atoms with Gasteiger partial charge in [0.05, 0.1) is 17.6 Å². The van der Waals surface area contributed by atoms with Crippen molar-refractivity contribution in [3.8, 4) is 22.6 Å². The fraction of sp³-hybridized carbons (Fsp3) is 0.360. The van der Waals surface area contributed by atoms with E-state index in [-0.39, 0.29) is 12.0 Å². The van der Waals surface area contributed by atoms with Gasteiger partial charge in [0.2, 0.25) is 5.91 Å². The van der Waals surface area contributed by atoms with Crippen molar-refractivity contribution in [2.45, 2.75) is 44.2 Å². The molecule has 0 spiro atoms. The molecule has 5 nitrogen and oxygen atoms in total. The summed E-state index contributed by atoms with van der Waals surface area (Å²) in [5.41, 5.74) is 5.57. The molecular formula is C25H29N3O2S. The molecular weight excluding hydrogens is 406 g/mol. The lowest BCUT2D eigenvalue weighted by Gasteiger charge is -2.10. The second-order valence-electron chi connectivity index (χ2n) is 7.91. The molecule has 1 aliphatic rings. The minimum atomic E-state index is 0.00667. The van der Waals surface area contributed by atoms with Crippen LogP contribution in [0.3, 0.4) is 0 Å². The smallest absolute Gasteiger partial charge is 0.230 e. The SMILES string of the molecule is CCc1ccc(-c2nc(SCC(=O)NC[C@@H]3CCCO3)c(-c3ccc(C)cc3)[nH]2)cc1. The number of nitrogens with zero attached hydrogens (tertiary/aromatic N) is 1. The fourth-order valence-corrected chi connectivity index (χ4v) is 4.47. The molecule has 4 rings (SSSR count). The first-order valence-corrected chi connectivity index (χ1v) is 11.9. The van der Waals surface area contributed by atoms with Crippen LogP contribution in [0.15, 0.2) is 53.6 Å². The Balaban J connectivity index is 1.51. The average molecular weight is 436 g/mol. The summed E-state index contributed by atoms with van der Waals surface area (Å²) in [6, 6.07) is 16.8. The van der Waals surface area contributed by atoms with Gasteiger partial charge >= 0.3 is 0 Å². The Morgan fingerprint density at radius 3 is 2.58 bits per heavy atom. The molecule has 2 heterocycles. The highest BCUT2D eigenvalue weighted by Crippen LogP contribution is 2.32. The molecule has 0 unspecified atom stereocenters. The third-order valence-corrected chi connectivity index (χ3v) is 6.51. The number of ether oxygens (including phenoxy) is 1. The lowest BCUT2D eigenvalue weighted by atomic mass is 10.1. The quantitative estimate of drug-likeness (QED) is 0.489. The molecule has 0 saturated carbocycles. The van der Waals surface area contributed by atoms with E-state index in [4.69, 9.17) is 9.72 Å². The van der Waals surface area contributed by atoms with Crippen molar-refractivity contribution in [1.29, 1.82) is 0 Å². The summed E-state index contributed by atoms with van der Waals surface area (Å²) >= 11 is 1.46. The topological polar surface area (TPSA) is 67.0 Å². The first-order valence-electron chi connectivity index (χ1n) is 10.9. The van der Waals surface area contributed by atoms with Crippen molar-refractivity contribution in [3.05, 3.63) is 59.7 Å². The number of H-pyrrole nitrogens is 1. The fourth-order valence-electron chi connectivity index (χ4n) is 3.63. The highest BCUT2D eigenvalue weighted by molar-refractivity contribution is 8.00. The maximum atomic E-state index is 12.4. The number of thioether (sulfide) groups is 1. The number of rotatable bonds is 8. The number of hydrogen-bond donors (Lipinski definition) is 2. The number of imidazole rings is 1. The van der Waals surface area contributed by atoms with Crippen LogP contribution < -0.4 is 5.32 Å². The monoisotopic (exact) mass is 435 g/mol. The number of benzene rings is 2. The van der Waals surface area contributed by atoms with Gasteiger partial charge in [-0.1, -0.05) is 72.8 Å². The summed E-state index contributed by atoms with van der Waals surface area (Å²) < 4.78 is 5.58. The zero-order valence-electron chi connectivity index (χ0n) is 18.1. The van der Waals surface area contributed by atoms with Gasteiger partial charge in [-0.05, 0) is 31.7 Å². The van der Waals surface area contributed by atoms with Crippen LogP contribution in [0.5, 0.6) is 0 Å². The van der Waals surface area contributed by atoms with Crippen molar-refractivity contribution in [2.24, 2.45) is 0 Å². The number of nitrogens with one attached hydrogen (secondary N) is 2. The molecule has 6 heteroatoms. The minimum absolute atomic E-state index is 0.00667. The normalized spacial score (nSPS) is 15.9. The molecule has 0 bridgehead atoms. The van der Waals surface area contributed by atoms with E-state index in [0.717, 1.165) is 53.5 Å². The van der Waals surface area contributed by atoms with Crippen molar-refractivity contribution in [3.63, 3.8) is 0 Å². The van der Waals surface area contributed by atoms with Gasteiger partial charge in [-0.15, -0.1) is 0 Å². The van der Waals surface area contributed by atoms with Crippen LogP contribution in [0.1, 0.15) is 30.9 Å². The third kappa shape index (κ3) is 5.57. The molecule has 2 aromatic carbocycles. The van der Waals surface area contributed by atoms with E-state index in [1.165, 1.54) is 22.9 Å². The van der Waals surface area contributed by atoms with E-state index in [2.05, 4.69) is 72.7 Å².